The van der Waals surface area contributed by atoms with Crippen molar-refractivity contribution in [1.29, 1.82) is 0 Å². The zero-order chi connectivity index (χ0) is 16.3. The lowest BCUT2D eigenvalue weighted by molar-refractivity contribution is 0.340. The molecule has 1 heterocycles. The van der Waals surface area contributed by atoms with Crippen LogP contribution in [0.5, 0.6) is 5.75 Å². The molecule has 3 rings (SSSR count). The zero-order valence-electron chi connectivity index (χ0n) is 12.6. The van der Waals surface area contributed by atoms with Crippen molar-refractivity contribution in [3.05, 3.63) is 67.0 Å². The van der Waals surface area contributed by atoms with Crippen molar-refractivity contribution in [3.63, 3.8) is 0 Å². The lowest BCUT2D eigenvalue weighted by Crippen LogP contribution is -2.13. The van der Waals surface area contributed by atoms with E-state index in [1.165, 1.54) is 16.4 Å². The molecule has 0 spiro atoms. The highest BCUT2D eigenvalue weighted by Gasteiger charge is 2.20. The molecule has 0 aliphatic heterocycles. The van der Waals surface area contributed by atoms with Crippen molar-refractivity contribution in [1.82, 2.24) is 8.96 Å². The Kier molecular flexibility index (Phi) is 4.16. The monoisotopic (exact) mass is 328 g/mol. The van der Waals surface area contributed by atoms with Gasteiger partial charge in [-0.2, -0.15) is 0 Å². The van der Waals surface area contributed by atoms with Gasteiger partial charge in [0.1, 0.15) is 5.75 Å². The van der Waals surface area contributed by atoms with Crippen molar-refractivity contribution in [2.24, 2.45) is 0 Å². The Hall–Kier alpha value is -2.60. The molecule has 6 heteroatoms. The molecule has 0 unspecified atom stereocenters. The maximum atomic E-state index is 12.8. The summed E-state index contributed by atoms with van der Waals surface area (Å²) < 4.78 is 32.1. The van der Waals surface area contributed by atoms with Gasteiger partial charge in [-0.25, -0.2) is 17.4 Å². The Morgan fingerprint density at radius 1 is 1.04 bits per heavy atom. The van der Waals surface area contributed by atoms with Crippen LogP contribution in [0.1, 0.15) is 6.92 Å². The molecule has 0 saturated heterocycles. The summed E-state index contributed by atoms with van der Waals surface area (Å²) in [6, 6.07) is 15.5. The minimum atomic E-state index is -3.67. The van der Waals surface area contributed by atoms with Gasteiger partial charge < -0.3 is 4.74 Å². The van der Waals surface area contributed by atoms with Crippen LogP contribution in [0.25, 0.3) is 11.4 Å². The Morgan fingerprint density at radius 3 is 2.39 bits per heavy atom. The summed E-state index contributed by atoms with van der Waals surface area (Å²) in [5.74, 6) is 1.11. The number of ether oxygens (including phenoxy) is 1. The topological polar surface area (TPSA) is 61.2 Å². The van der Waals surface area contributed by atoms with Crippen LogP contribution >= 0.6 is 0 Å². The van der Waals surface area contributed by atoms with Gasteiger partial charge in [-0.1, -0.05) is 18.2 Å². The first-order valence-corrected chi connectivity index (χ1v) is 8.64. The Balaban J connectivity index is 2.03. The van der Waals surface area contributed by atoms with Crippen molar-refractivity contribution in [2.45, 2.75) is 11.8 Å². The fraction of sp³-hybridized carbons (Fsp3) is 0.118. The normalized spacial score (nSPS) is 11.3. The molecule has 0 aliphatic carbocycles. The summed E-state index contributed by atoms with van der Waals surface area (Å²) in [6.07, 6.45) is 2.93. The molecule has 0 N–H and O–H groups in total. The van der Waals surface area contributed by atoms with Crippen LogP contribution in [0.4, 0.5) is 0 Å². The standard InChI is InChI=1S/C17H16N2O3S/c1-2-22-15-10-8-14(9-11-15)17-18-12-13-19(17)23(20,21)16-6-4-3-5-7-16/h3-13H,2H2,1H3. The number of aromatic nitrogens is 2. The van der Waals surface area contributed by atoms with Crippen LogP contribution < -0.4 is 4.74 Å². The maximum absolute atomic E-state index is 12.8. The van der Waals surface area contributed by atoms with E-state index >= 15 is 0 Å². The average Bonchev–Trinajstić information content (AvgIpc) is 3.07. The third kappa shape index (κ3) is 2.98. The first-order valence-electron chi connectivity index (χ1n) is 7.20. The number of benzene rings is 2. The van der Waals surface area contributed by atoms with Gasteiger partial charge in [0.05, 0.1) is 11.5 Å². The zero-order valence-corrected chi connectivity index (χ0v) is 13.4. The molecule has 0 amide bonds. The second-order valence-corrected chi connectivity index (χ2v) is 6.64. The third-order valence-corrected chi connectivity index (χ3v) is 5.01. The summed E-state index contributed by atoms with van der Waals surface area (Å²) >= 11 is 0. The number of rotatable bonds is 5. The van der Waals surface area contributed by atoms with Gasteiger partial charge in [0.25, 0.3) is 10.0 Å². The van der Waals surface area contributed by atoms with Gasteiger partial charge in [-0.3, -0.25) is 0 Å². The van der Waals surface area contributed by atoms with Crippen LogP contribution in [0, 0.1) is 0 Å². The van der Waals surface area contributed by atoms with E-state index in [4.69, 9.17) is 4.74 Å². The molecule has 3 aromatic rings. The summed E-state index contributed by atoms with van der Waals surface area (Å²) in [5, 5.41) is 0. The predicted octanol–water partition coefficient (Wildman–Crippen LogP) is 3.19. The fourth-order valence-electron chi connectivity index (χ4n) is 2.26. The van der Waals surface area contributed by atoms with Gasteiger partial charge in [0, 0.05) is 18.0 Å². The molecule has 0 radical (unpaired) electrons. The minimum absolute atomic E-state index is 0.227. The van der Waals surface area contributed by atoms with E-state index < -0.39 is 10.0 Å². The number of nitrogens with zero attached hydrogens (tertiary/aromatic N) is 2. The molecular weight excluding hydrogens is 312 g/mol. The van der Waals surface area contributed by atoms with Crippen molar-refractivity contribution >= 4 is 10.0 Å². The quantitative estimate of drug-likeness (QED) is 0.722. The van der Waals surface area contributed by atoms with E-state index in [2.05, 4.69) is 4.98 Å². The Bertz CT molecular complexity index is 885. The summed E-state index contributed by atoms with van der Waals surface area (Å²) in [4.78, 5) is 4.42. The summed E-state index contributed by atoms with van der Waals surface area (Å²) in [7, 11) is -3.67. The smallest absolute Gasteiger partial charge is 0.269 e. The van der Waals surface area contributed by atoms with E-state index in [1.807, 2.05) is 6.92 Å². The molecular formula is C17H16N2O3S. The number of imidazole rings is 1. The van der Waals surface area contributed by atoms with Gasteiger partial charge in [0.2, 0.25) is 0 Å². The second kappa shape index (κ2) is 6.26. The van der Waals surface area contributed by atoms with Crippen molar-refractivity contribution in [2.75, 3.05) is 6.61 Å². The molecule has 0 saturated carbocycles. The molecule has 1 aromatic heterocycles. The predicted molar refractivity (Wildman–Crippen MR) is 87.9 cm³/mol. The summed E-state index contributed by atoms with van der Waals surface area (Å²) in [6.45, 7) is 2.49. The van der Waals surface area contributed by atoms with Crippen LogP contribution in [-0.4, -0.2) is 24.0 Å². The third-order valence-electron chi connectivity index (χ3n) is 3.33. The number of hydrogen-bond acceptors (Lipinski definition) is 4. The SMILES string of the molecule is CCOc1ccc(-c2nccn2S(=O)(=O)c2ccccc2)cc1. The Morgan fingerprint density at radius 2 is 1.74 bits per heavy atom. The van der Waals surface area contributed by atoms with E-state index in [0.717, 1.165) is 5.75 Å². The van der Waals surface area contributed by atoms with E-state index in [1.54, 1.807) is 54.6 Å². The van der Waals surface area contributed by atoms with Gasteiger partial charge >= 0.3 is 0 Å². The van der Waals surface area contributed by atoms with Gasteiger partial charge in [-0.15, -0.1) is 0 Å². The highest BCUT2D eigenvalue weighted by atomic mass is 32.2. The second-order valence-electron chi connectivity index (χ2n) is 4.82. The maximum Gasteiger partial charge on any atom is 0.269 e. The molecule has 0 fully saturated rings. The molecule has 0 bridgehead atoms. The minimum Gasteiger partial charge on any atom is -0.494 e. The molecule has 2 aromatic carbocycles. The highest BCUT2D eigenvalue weighted by Crippen LogP contribution is 2.24. The molecule has 118 valence electrons. The van der Waals surface area contributed by atoms with Crippen LogP contribution in [0.3, 0.4) is 0 Å². The lowest BCUT2D eigenvalue weighted by Gasteiger charge is -2.10. The van der Waals surface area contributed by atoms with Crippen LogP contribution in [0.2, 0.25) is 0 Å². The average molecular weight is 328 g/mol. The molecule has 0 aliphatic rings. The molecule has 0 atom stereocenters. The van der Waals surface area contributed by atoms with Crippen LogP contribution in [0.15, 0.2) is 71.9 Å². The fourth-order valence-corrected chi connectivity index (χ4v) is 3.58. The molecule has 23 heavy (non-hydrogen) atoms. The summed E-state index contributed by atoms with van der Waals surface area (Å²) in [5.41, 5.74) is 0.706. The van der Waals surface area contributed by atoms with Crippen molar-refractivity contribution < 1.29 is 13.2 Å². The first-order chi connectivity index (χ1) is 11.1. The Labute approximate surface area is 135 Å². The molecule has 5 nitrogen and oxygen atoms in total. The van der Waals surface area contributed by atoms with E-state index in [0.29, 0.717) is 18.0 Å². The lowest BCUT2D eigenvalue weighted by atomic mass is 10.2. The largest absolute Gasteiger partial charge is 0.494 e. The van der Waals surface area contributed by atoms with E-state index in [-0.39, 0.29) is 4.90 Å². The van der Waals surface area contributed by atoms with Gasteiger partial charge in [-0.05, 0) is 43.3 Å². The highest BCUT2D eigenvalue weighted by molar-refractivity contribution is 7.90. The van der Waals surface area contributed by atoms with Crippen molar-refractivity contribution in [3.8, 4) is 17.1 Å². The van der Waals surface area contributed by atoms with Gasteiger partial charge in [0.15, 0.2) is 5.82 Å². The van der Waals surface area contributed by atoms with Crippen LogP contribution in [-0.2, 0) is 10.0 Å². The first kappa shape index (κ1) is 15.3. The van der Waals surface area contributed by atoms with E-state index in [9.17, 15) is 8.42 Å². The number of hydrogen-bond donors (Lipinski definition) is 0.